The van der Waals surface area contributed by atoms with E-state index in [1.165, 1.54) is 18.2 Å². The van der Waals surface area contributed by atoms with Gasteiger partial charge in [0.05, 0.1) is 24.5 Å². The van der Waals surface area contributed by atoms with Crippen molar-refractivity contribution in [2.45, 2.75) is 19.8 Å². The van der Waals surface area contributed by atoms with Crippen LogP contribution < -0.4 is 5.32 Å². The number of hydrogen-bond acceptors (Lipinski definition) is 6. The number of aromatic nitrogens is 2. The SMILES string of the molecule is Cc1ccccc1-c1nn(CN2CCN(CC(=O)Nc3ccccc3C(F)(F)F)CC2)c(=S)o1. The highest BCUT2D eigenvalue weighted by Crippen LogP contribution is 2.34. The Morgan fingerprint density at radius 1 is 1.06 bits per heavy atom. The van der Waals surface area contributed by atoms with Crippen molar-refractivity contribution in [3.63, 3.8) is 0 Å². The molecule has 1 aliphatic rings. The molecule has 1 aliphatic heterocycles. The minimum atomic E-state index is -4.53. The molecule has 1 saturated heterocycles. The zero-order valence-electron chi connectivity index (χ0n) is 18.5. The fourth-order valence-electron chi connectivity index (χ4n) is 3.83. The van der Waals surface area contributed by atoms with Crippen LogP contribution in [0.15, 0.2) is 52.9 Å². The molecule has 1 amide bonds. The number of anilines is 1. The summed E-state index contributed by atoms with van der Waals surface area (Å²) in [6, 6.07) is 12.7. The zero-order valence-corrected chi connectivity index (χ0v) is 19.3. The first kappa shape index (κ1) is 24.1. The van der Waals surface area contributed by atoms with Crippen LogP contribution in [0.1, 0.15) is 11.1 Å². The average molecular weight is 492 g/mol. The van der Waals surface area contributed by atoms with Crippen molar-refractivity contribution in [2.24, 2.45) is 0 Å². The number of carbonyl (C=O) groups is 1. The third-order valence-corrected chi connectivity index (χ3v) is 5.95. The maximum absolute atomic E-state index is 13.1. The molecule has 0 spiro atoms. The molecule has 11 heteroatoms. The number of benzene rings is 2. The molecule has 2 heterocycles. The summed E-state index contributed by atoms with van der Waals surface area (Å²) in [5, 5.41) is 6.90. The number of piperazine rings is 1. The van der Waals surface area contributed by atoms with E-state index in [-0.39, 0.29) is 17.1 Å². The van der Waals surface area contributed by atoms with Crippen LogP contribution >= 0.6 is 12.2 Å². The summed E-state index contributed by atoms with van der Waals surface area (Å²) in [7, 11) is 0. The first-order valence-corrected chi connectivity index (χ1v) is 11.2. The predicted octanol–water partition coefficient (Wildman–Crippen LogP) is 4.41. The number of para-hydroxylation sites is 1. The quantitative estimate of drug-likeness (QED) is 0.516. The standard InChI is InChI=1S/C23H24F3N5O2S/c1-16-6-2-3-7-17(16)21-28-31(22(34)33-21)15-30-12-10-29(11-13-30)14-20(32)27-19-9-5-4-8-18(19)23(24,25)26/h2-9H,10-15H2,1H3,(H,27,32). The van der Waals surface area contributed by atoms with Crippen LogP contribution in [0.4, 0.5) is 18.9 Å². The van der Waals surface area contributed by atoms with Gasteiger partial charge in [0.15, 0.2) is 0 Å². The summed E-state index contributed by atoms with van der Waals surface area (Å²) in [5.74, 6) is -0.00992. The summed E-state index contributed by atoms with van der Waals surface area (Å²) in [4.78, 5) is 16.7. The molecule has 1 aromatic heterocycles. The number of nitrogens with zero attached hydrogens (tertiary/aromatic N) is 4. The predicted molar refractivity (Wildman–Crippen MR) is 124 cm³/mol. The lowest BCUT2D eigenvalue weighted by molar-refractivity contribution is -0.137. The lowest BCUT2D eigenvalue weighted by atomic mass is 10.1. The molecule has 0 radical (unpaired) electrons. The summed E-state index contributed by atoms with van der Waals surface area (Å²) >= 11 is 5.33. The first-order chi connectivity index (χ1) is 16.2. The largest absolute Gasteiger partial charge is 0.418 e. The van der Waals surface area contributed by atoms with Crippen molar-refractivity contribution >= 4 is 23.8 Å². The summed E-state index contributed by atoms with van der Waals surface area (Å²) < 4.78 is 46.7. The van der Waals surface area contributed by atoms with Gasteiger partial charge < -0.3 is 9.73 Å². The van der Waals surface area contributed by atoms with Crippen molar-refractivity contribution in [2.75, 3.05) is 38.0 Å². The van der Waals surface area contributed by atoms with E-state index in [4.69, 9.17) is 16.6 Å². The Morgan fingerprint density at radius 2 is 1.71 bits per heavy atom. The van der Waals surface area contributed by atoms with E-state index >= 15 is 0 Å². The molecular weight excluding hydrogens is 467 g/mol. The lowest BCUT2D eigenvalue weighted by Crippen LogP contribution is -2.49. The Kier molecular flexibility index (Phi) is 7.15. The molecule has 1 fully saturated rings. The van der Waals surface area contributed by atoms with Gasteiger partial charge in [-0.25, -0.2) is 4.68 Å². The highest BCUT2D eigenvalue weighted by atomic mass is 32.1. The van der Waals surface area contributed by atoms with Gasteiger partial charge in [0.25, 0.3) is 4.84 Å². The highest BCUT2D eigenvalue weighted by molar-refractivity contribution is 7.71. The monoisotopic (exact) mass is 491 g/mol. The van der Waals surface area contributed by atoms with Crippen molar-refractivity contribution in [1.29, 1.82) is 0 Å². The van der Waals surface area contributed by atoms with Crippen LogP contribution in [0.25, 0.3) is 11.5 Å². The third kappa shape index (κ3) is 5.72. The van der Waals surface area contributed by atoms with Gasteiger partial charge in [-0.1, -0.05) is 30.3 Å². The molecule has 0 saturated carbocycles. The van der Waals surface area contributed by atoms with E-state index in [0.717, 1.165) is 17.2 Å². The maximum Gasteiger partial charge on any atom is 0.418 e. The van der Waals surface area contributed by atoms with Crippen LogP contribution in [0.3, 0.4) is 0 Å². The molecule has 2 aromatic carbocycles. The topological polar surface area (TPSA) is 66.5 Å². The fraction of sp³-hybridized carbons (Fsp3) is 0.348. The van der Waals surface area contributed by atoms with Gasteiger partial charge in [0.2, 0.25) is 11.8 Å². The smallest absolute Gasteiger partial charge is 0.409 e. The normalized spacial score (nSPS) is 15.4. The molecule has 0 atom stereocenters. The summed E-state index contributed by atoms with van der Waals surface area (Å²) in [5.41, 5.74) is 0.831. The summed E-state index contributed by atoms with van der Waals surface area (Å²) in [6.07, 6.45) is -4.53. The number of alkyl halides is 3. The van der Waals surface area contributed by atoms with Gasteiger partial charge in [0, 0.05) is 31.7 Å². The number of nitrogens with one attached hydrogen (secondary N) is 1. The Hall–Kier alpha value is -3.02. The van der Waals surface area contributed by atoms with Gasteiger partial charge >= 0.3 is 6.18 Å². The van der Waals surface area contributed by atoms with Crippen molar-refractivity contribution < 1.29 is 22.4 Å². The Labute approximate surface area is 199 Å². The number of halogens is 3. The van der Waals surface area contributed by atoms with E-state index in [2.05, 4.69) is 15.3 Å². The second kappa shape index (κ2) is 10.1. The van der Waals surface area contributed by atoms with E-state index < -0.39 is 17.6 Å². The van der Waals surface area contributed by atoms with Gasteiger partial charge in [-0.05, 0) is 42.9 Å². The summed E-state index contributed by atoms with van der Waals surface area (Å²) in [6.45, 7) is 4.92. The van der Waals surface area contributed by atoms with E-state index in [1.54, 1.807) is 4.68 Å². The van der Waals surface area contributed by atoms with Crippen molar-refractivity contribution in [3.8, 4) is 11.5 Å². The average Bonchev–Trinajstić information content (AvgIpc) is 3.15. The van der Waals surface area contributed by atoms with Crippen LogP contribution in [0.5, 0.6) is 0 Å². The lowest BCUT2D eigenvalue weighted by Gasteiger charge is -2.33. The molecule has 0 aliphatic carbocycles. The van der Waals surface area contributed by atoms with Crippen LogP contribution in [-0.4, -0.2) is 58.2 Å². The third-order valence-electron chi connectivity index (χ3n) is 5.65. The number of rotatable bonds is 6. The van der Waals surface area contributed by atoms with Crippen LogP contribution in [0.2, 0.25) is 0 Å². The van der Waals surface area contributed by atoms with E-state index in [9.17, 15) is 18.0 Å². The van der Waals surface area contributed by atoms with Gasteiger partial charge in [0.1, 0.15) is 0 Å². The molecule has 4 rings (SSSR count). The molecule has 1 N–H and O–H groups in total. The van der Waals surface area contributed by atoms with Gasteiger partial charge in [-0.3, -0.25) is 14.6 Å². The Morgan fingerprint density at radius 3 is 2.41 bits per heavy atom. The number of hydrogen-bond donors (Lipinski definition) is 1. The van der Waals surface area contributed by atoms with Crippen molar-refractivity contribution in [1.82, 2.24) is 19.6 Å². The molecule has 3 aromatic rings. The number of carbonyl (C=O) groups excluding carboxylic acids is 1. The van der Waals surface area contributed by atoms with Gasteiger partial charge in [-0.15, -0.1) is 5.10 Å². The Bertz CT molecular complexity index is 1220. The molecule has 180 valence electrons. The maximum atomic E-state index is 13.1. The first-order valence-electron chi connectivity index (χ1n) is 10.8. The highest BCUT2D eigenvalue weighted by Gasteiger charge is 2.33. The number of aryl methyl sites for hydroxylation is 1. The molecule has 0 bridgehead atoms. The number of amides is 1. The molecule has 34 heavy (non-hydrogen) atoms. The van der Waals surface area contributed by atoms with Crippen LogP contribution in [-0.2, 0) is 17.6 Å². The van der Waals surface area contributed by atoms with Gasteiger partial charge in [-0.2, -0.15) is 13.2 Å². The minimum Gasteiger partial charge on any atom is -0.409 e. The Balaban J connectivity index is 1.30. The van der Waals surface area contributed by atoms with Crippen LogP contribution in [0, 0.1) is 11.8 Å². The second-order valence-electron chi connectivity index (χ2n) is 8.11. The molecule has 7 nitrogen and oxygen atoms in total. The second-order valence-corrected chi connectivity index (χ2v) is 8.46. The molecular formula is C23H24F3N5O2S. The minimum absolute atomic E-state index is 0.0147. The van der Waals surface area contributed by atoms with Crippen molar-refractivity contribution in [3.05, 3.63) is 64.5 Å². The van der Waals surface area contributed by atoms with E-state index in [0.29, 0.717) is 38.7 Å². The molecule has 0 unspecified atom stereocenters. The zero-order chi connectivity index (χ0) is 24.3. The van der Waals surface area contributed by atoms with E-state index in [1.807, 2.05) is 36.1 Å². The fourth-order valence-corrected chi connectivity index (χ4v) is 4.01.